The lowest BCUT2D eigenvalue weighted by atomic mass is 10.3. The number of halogens is 1. The Bertz CT molecular complexity index is 736. The van der Waals surface area contributed by atoms with E-state index in [9.17, 15) is 8.42 Å². The Hall–Kier alpha value is -2.06. The second-order valence-corrected chi connectivity index (χ2v) is 5.75. The first-order chi connectivity index (χ1) is 9.42. The molecule has 0 atom stereocenters. The summed E-state index contributed by atoms with van der Waals surface area (Å²) in [5, 5.41) is 0.125. The summed E-state index contributed by atoms with van der Waals surface area (Å²) in [5.74, 6) is 0.327. The van der Waals surface area contributed by atoms with E-state index in [0.717, 1.165) is 0 Å². The van der Waals surface area contributed by atoms with Gasteiger partial charge in [0.2, 0.25) is 5.95 Å². The highest BCUT2D eigenvalue weighted by atomic mass is 35.5. The van der Waals surface area contributed by atoms with Crippen LogP contribution in [0, 0.1) is 0 Å². The molecular weight excluding hydrogens is 304 g/mol. The highest BCUT2D eigenvalue weighted by Crippen LogP contribution is 2.25. The Morgan fingerprint density at radius 1 is 1.35 bits per heavy atom. The Kier molecular flexibility index (Phi) is 3.96. The summed E-state index contributed by atoms with van der Waals surface area (Å²) in [7, 11) is -2.44. The Morgan fingerprint density at radius 2 is 2.10 bits per heavy atom. The molecule has 0 radical (unpaired) electrons. The highest BCUT2D eigenvalue weighted by Gasteiger charge is 2.19. The first kappa shape index (κ1) is 14.4. The van der Waals surface area contributed by atoms with Crippen LogP contribution in [0.4, 0.5) is 11.6 Å². The minimum atomic E-state index is -3.90. The number of hydrogen-bond donors (Lipinski definition) is 2. The van der Waals surface area contributed by atoms with Crippen molar-refractivity contribution in [1.82, 2.24) is 9.97 Å². The molecule has 0 spiro atoms. The number of ether oxygens (including phenoxy) is 1. The summed E-state index contributed by atoms with van der Waals surface area (Å²) in [4.78, 5) is 7.41. The molecule has 0 unspecified atom stereocenters. The normalized spacial score (nSPS) is 11.1. The van der Waals surface area contributed by atoms with E-state index in [0.29, 0.717) is 5.75 Å². The van der Waals surface area contributed by atoms with E-state index in [-0.39, 0.29) is 21.7 Å². The van der Waals surface area contributed by atoms with Crippen molar-refractivity contribution in [3.05, 3.63) is 35.6 Å². The summed E-state index contributed by atoms with van der Waals surface area (Å²) in [6, 6.07) is 5.67. The van der Waals surface area contributed by atoms with Crippen molar-refractivity contribution >= 4 is 33.3 Å². The molecule has 3 N–H and O–H groups in total. The minimum Gasteiger partial charge on any atom is -0.497 e. The summed E-state index contributed by atoms with van der Waals surface area (Å²) in [5.41, 5.74) is 5.76. The van der Waals surface area contributed by atoms with Gasteiger partial charge in [0.15, 0.2) is 0 Å². The SMILES string of the molecule is COc1ccc(S(=O)(=O)Nc2nccc(Cl)n2)c(N)c1. The van der Waals surface area contributed by atoms with Crippen molar-refractivity contribution in [1.29, 1.82) is 0 Å². The van der Waals surface area contributed by atoms with E-state index < -0.39 is 10.0 Å². The fourth-order valence-electron chi connectivity index (χ4n) is 1.46. The number of sulfonamides is 1. The number of rotatable bonds is 4. The van der Waals surface area contributed by atoms with Gasteiger partial charge in [0, 0.05) is 12.3 Å². The van der Waals surface area contributed by atoms with Crippen molar-refractivity contribution in [2.45, 2.75) is 4.90 Å². The van der Waals surface area contributed by atoms with Gasteiger partial charge in [-0.1, -0.05) is 11.6 Å². The van der Waals surface area contributed by atoms with Crippen molar-refractivity contribution in [2.75, 3.05) is 17.6 Å². The van der Waals surface area contributed by atoms with Crippen LogP contribution in [0.2, 0.25) is 5.15 Å². The average Bonchev–Trinajstić information content (AvgIpc) is 2.37. The first-order valence-electron chi connectivity index (χ1n) is 5.37. The largest absolute Gasteiger partial charge is 0.497 e. The fourth-order valence-corrected chi connectivity index (χ4v) is 2.66. The van der Waals surface area contributed by atoms with Gasteiger partial charge in [0.25, 0.3) is 10.0 Å². The first-order valence-corrected chi connectivity index (χ1v) is 7.23. The summed E-state index contributed by atoms with van der Waals surface area (Å²) < 4.78 is 31.5. The lowest BCUT2D eigenvalue weighted by molar-refractivity contribution is 0.414. The van der Waals surface area contributed by atoms with Gasteiger partial charge in [-0.2, -0.15) is 0 Å². The van der Waals surface area contributed by atoms with Gasteiger partial charge in [0.05, 0.1) is 12.8 Å². The zero-order valence-electron chi connectivity index (χ0n) is 10.4. The Labute approximate surface area is 120 Å². The van der Waals surface area contributed by atoms with Crippen molar-refractivity contribution in [3.8, 4) is 5.75 Å². The van der Waals surface area contributed by atoms with E-state index in [1.165, 1.54) is 37.6 Å². The molecule has 20 heavy (non-hydrogen) atoms. The zero-order chi connectivity index (χ0) is 14.8. The van der Waals surface area contributed by atoms with Gasteiger partial charge in [-0.3, -0.25) is 0 Å². The number of nitrogens with zero attached hydrogens (tertiary/aromatic N) is 2. The molecule has 1 aromatic carbocycles. The third-order valence-electron chi connectivity index (χ3n) is 2.35. The topological polar surface area (TPSA) is 107 Å². The molecule has 106 valence electrons. The number of anilines is 2. The number of benzene rings is 1. The molecule has 0 amide bonds. The molecule has 0 saturated carbocycles. The second-order valence-electron chi connectivity index (χ2n) is 3.71. The number of nitrogens with one attached hydrogen (secondary N) is 1. The van der Waals surface area contributed by atoms with Crippen molar-refractivity contribution < 1.29 is 13.2 Å². The molecule has 1 heterocycles. The van der Waals surface area contributed by atoms with Gasteiger partial charge in [0.1, 0.15) is 15.8 Å². The Balaban J connectivity index is 2.36. The monoisotopic (exact) mass is 314 g/mol. The quantitative estimate of drug-likeness (QED) is 0.654. The molecule has 7 nitrogen and oxygen atoms in total. The van der Waals surface area contributed by atoms with E-state index in [1.54, 1.807) is 0 Å². The third-order valence-corrected chi connectivity index (χ3v) is 3.97. The van der Waals surface area contributed by atoms with Gasteiger partial charge in [-0.05, 0) is 18.2 Å². The van der Waals surface area contributed by atoms with Crippen LogP contribution in [0.3, 0.4) is 0 Å². The van der Waals surface area contributed by atoms with Crippen molar-refractivity contribution in [3.63, 3.8) is 0 Å². The molecule has 0 fully saturated rings. The second kappa shape index (κ2) is 5.51. The van der Waals surface area contributed by atoms with Crippen LogP contribution in [0.1, 0.15) is 0 Å². The molecule has 0 aliphatic heterocycles. The van der Waals surface area contributed by atoms with Crippen LogP contribution in [0.25, 0.3) is 0 Å². The van der Waals surface area contributed by atoms with E-state index in [1.807, 2.05) is 0 Å². The van der Waals surface area contributed by atoms with Gasteiger partial charge < -0.3 is 10.5 Å². The molecule has 1 aromatic heterocycles. The third kappa shape index (κ3) is 3.09. The summed E-state index contributed by atoms with van der Waals surface area (Å²) >= 11 is 5.66. The van der Waals surface area contributed by atoms with Crippen LogP contribution in [-0.4, -0.2) is 25.5 Å². The smallest absolute Gasteiger partial charge is 0.266 e. The molecule has 0 aliphatic rings. The molecule has 0 bridgehead atoms. The highest BCUT2D eigenvalue weighted by molar-refractivity contribution is 7.92. The molecule has 2 rings (SSSR count). The molecule has 9 heteroatoms. The number of aromatic nitrogens is 2. The predicted molar refractivity (Wildman–Crippen MR) is 75.3 cm³/mol. The maximum atomic E-state index is 12.2. The van der Waals surface area contributed by atoms with Gasteiger partial charge >= 0.3 is 0 Å². The number of hydrogen-bond acceptors (Lipinski definition) is 6. The lowest BCUT2D eigenvalue weighted by Gasteiger charge is -2.10. The van der Waals surface area contributed by atoms with Crippen LogP contribution in [0.5, 0.6) is 5.75 Å². The van der Waals surface area contributed by atoms with Crippen LogP contribution < -0.4 is 15.2 Å². The summed E-state index contributed by atoms with van der Waals surface area (Å²) in [6.07, 6.45) is 1.34. The van der Waals surface area contributed by atoms with Crippen molar-refractivity contribution in [2.24, 2.45) is 0 Å². The lowest BCUT2D eigenvalue weighted by Crippen LogP contribution is -2.16. The summed E-state index contributed by atoms with van der Waals surface area (Å²) in [6.45, 7) is 0. The fraction of sp³-hybridized carbons (Fsp3) is 0.0909. The van der Waals surface area contributed by atoms with Crippen LogP contribution >= 0.6 is 11.6 Å². The van der Waals surface area contributed by atoms with Gasteiger partial charge in [-0.15, -0.1) is 0 Å². The van der Waals surface area contributed by atoms with E-state index >= 15 is 0 Å². The number of nitrogen functional groups attached to an aromatic ring is 1. The minimum absolute atomic E-state index is 0.0545. The molecule has 0 saturated heterocycles. The van der Waals surface area contributed by atoms with Crippen LogP contribution in [0.15, 0.2) is 35.4 Å². The number of methoxy groups -OCH3 is 1. The molecule has 0 aliphatic carbocycles. The molecule has 2 aromatic rings. The average molecular weight is 315 g/mol. The predicted octanol–water partition coefficient (Wildman–Crippen LogP) is 1.52. The zero-order valence-corrected chi connectivity index (χ0v) is 11.9. The molecular formula is C11H11ClN4O3S. The number of nitrogens with two attached hydrogens (primary N) is 1. The maximum Gasteiger partial charge on any atom is 0.266 e. The van der Waals surface area contributed by atoms with E-state index in [4.69, 9.17) is 22.1 Å². The maximum absolute atomic E-state index is 12.2. The van der Waals surface area contributed by atoms with E-state index in [2.05, 4.69) is 14.7 Å². The van der Waals surface area contributed by atoms with Gasteiger partial charge in [-0.25, -0.2) is 23.1 Å². The van der Waals surface area contributed by atoms with Crippen LogP contribution in [-0.2, 0) is 10.0 Å². The Morgan fingerprint density at radius 3 is 2.70 bits per heavy atom. The standard InChI is InChI=1S/C11H11ClN4O3S/c1-19-7-2-3-9(8(13)6-7)20(17,18)16-11-14-5-4-10(12)15-11/h2-6H,13H2,1H3,(H,14,15,16).